The first kappa shape index (κ1) is 38.2. The van der Waals surface area contributed by atoms with Crippen LogP contribution in [0.3, 0.4) is 0 Å². The molecule has 0 radical (unpaired) electrons. The molecule has 1 atom stereocenters. The van der Waals surface area contributed by atoms with Crippen molar-refractivity contribution in [3.05, 3.63) is 243 Å². The third kappa shape index (κ3) is 7.45. The molecule has 61 heavy (non-hydrogen) atoms. The van der Waals surface area contributed by atoms with Gasteiger partial charge in [-0.2, -0.15) is 0 Å². The summed E-state index contributed by atoms with van der Waals surface area (Å²) in [4.78, 5) is 10.6. The van der Waals surface area contributed by atoms with Gasteiger partial charge < -0.3 is 0 Å². The van der Waals surface area contributed by atoms with E-state index >= 15 is 0 Å². The fourth-order valence-electron chi connectivity index (χ4n) is 8.17. The minimum atomic E-state index is -0.759. The van der Waals surface area contributed by atoms with Crippen molar-refractivity contribution >= 4 is 69.9 Å². The number of hydrogen-bond donors (Lipinski definition) is 0. The highest BCUT2D eigenvalue weighted by molar-refractivity contribution is 7.79. The van der Waals surface area contributed by atoms with E-state index in [1.54, 1.807) is 0 Å². The highest BCUT2D eigenvalue weighted by atomic mass is 31.1. The molecule has 3 nitrogen and oxygen atoms in total. The van der Waals surface area contributed by atoms with E-state index in [1.165, 1.54) is 31.8 Å². The minimum Gasteiger partial charge on any atom is -0.276 e. The zero-order valence-electron chi connectivity index (χ0n) is 33.5. The monoisotopic (exact) mass is 817 g/mol. The van der Waals surface area contributed by atoms with Gasteiger partial charge >= 0.3 is 0 Å². The van der Waals surface area contributed by atoms with Gasteiger partial charge in [-0.1, -0.05) is 213 Å². The number of imidazole rings is 1. The van der Waals surface area contributed by atoms with Crippen LogP contribution in [-0.2, 0) is 0 Å². The number of fused-ring (bicyclic) bond motifs is 5. The van der Waals surface area contributed by atoms with Gasteiger partial charge in [0.2, 0.25) is 0 Å². The quantitative estimate of drug-likeness (QED) is 0.0961. The maximum Gasteiger partial charge on any atom is 0.149 e. The SMILES string of the molecule is C=C/C=C(\C=C)P(c1ccccc1)c1ccc(-c2ccc(-c3nc4ccc(-c5ccc(P(c6ccccc6)c6ccccc6)cc5)cc4c4nc5ccccc5n34)cc2)cc1. The van der Waals surface area contributed by atoms with Crippen LogP contribution in [0.1, 0.15) is 0 Å². The van der Waals surface area contributed by atoms with Gasteiger partial charge in [-0.25, -0.2) is 9.97 Å². The number of benzene rings is 8. The van der Waals surface area contributed by atoms with Crippen LogP contribution in [0.25, 0.3) is 61.2 Å². The Hall–Kier alpha value is -7.02. The predicted molar refractivity (Wildman–Crippen MR) is 264 cm³/mol. The molecule has 0 saturated carbocycles. The molecular formula is C56H41N3P2. The fraction of sp³-hybridized carbons (Fsp3) is 0. The van der Waals surface area contributed by atoms with Gasteiger partial charge in [0.15, 0.2) is 0 Å². The van der Waals surface area contributed by atoms with Crippen LogP contribution >= 0.6 is 15.8 Å². The summed E-state index contributed by atoms with van der Waals surface area (Å²) in [7, 11) is -1.44. The van der Waals surface area contributed by atoms with Crippen molar-refractivity contribution in [2.75, 3.05) is 0 Å². The van der Waals surface area contributed by atoms with Crippen LogP contribution in [0.15, 0.2) is 243 Å². The van der Waals surface area contributed by atoms with Gasteiger partial charge in [-0.3, -0.25) is 4.40 Å². The van der Waals surface area contributed by atoms with Crippen molar-refractivity contribution in [1.29, 1.82) is 0 Å². The second-order valence-corrected chi connectivity index (χ2v) is 19.2. The molecule has 0 spiro atoms. The first-order chi connectivity index (χ1) is 30.2. The van der Waals surface area contributed by atoms with Gasteiger partial charge in [0.1, 0.15) is 11.5 Å². The first-order valence-electron chi connectivity index (χ1n) is 20.4. The molecule has 0 bridgehead atoms. The Morgan fingerprint density at radius 2 is 0.918 bits per heavy atom. The lowest BCUT2D eigenvalue weighted by Gasteiger charge is -2.20. The summed E-state index contributed by atoms with van der Waals surface area (Å²) in [5.41, 5.74) is 9.42. The number of allylic oxidation sites excluding steroid dienone is 4. The second kappa shape index (κ2) is 16.9. The summed E-state index contributed by atoms with van der Waals surface area (Å²) in [6.45, 7) is 8.09. The van der Waals surface area contributed by atoms with E-state index in [4.69, 9.17) is 9.97 Å². The summed E-state index contributed by atoms with van der Waals surface area (Å²) in [6.07, 6.45) is 5.88. The van der Waals surface area contributed by atoms with Gasteiger partial charge in [0.05, 0.1) is 16.6 Å². The average molecular weight is 818 g/mol. The van der Waals surface area contributed by atoms with Crippen LogP contribution in [0.4, 0.5) is 0 Å². The normalized spacial score (nSPS) is 12.2. The Kier molecular flexibility index (Phi) is 10.6. The lowest BCUT2D eigenvalue weighted by Crippen LogP contribution is -2.20. The van der Waals surface area contributed by atoms with Crippen molar-refractivity contribution < 1.29 is 0 Å². The Morgan fingerprint density at radius 3 is 1.52 bits per heavy atom. The number of rotatable bonds is 11. The van der Waals surface area contributed by atoms with E-state index in [0.717, 1.165) is 61.2 Å². The molecule has 2 heterocycles. The predicted octanol–water partition coefficient (Wildman–Crippen LogP) is 12.5. The van der Waals surface area contributed by atoms with E-state index < -0.39 is 15.8 Å². The molecule has 2 aromatic heterocycles. The maximum absolute atomic E-state index is 5.34. The Morgan fingerprint density at radius 1 is 0.443 bits per heavy atom. The Bertz CT molecular complexity index is 3150. The van der Waals surface area contributed by atoms with Gasteiger partial charge in [-0.15, -0.1) is 0 Å². The number of nitrogens with zero attached hydrogens (tertiary/aromatic N) is 3. The molecular weight excluding hydrogens is 777 g/mol. The van der Waals surface area contributed by atoms with Crippen LogP contribution in [0.5, 0.6) is 0 Å². The third-order valence-electron chi connectivity index (χ3n) is 11.1. The van der Waals surface area contributed by atoms with Crippen molar-refractivity contribution in [2.24, 2.45) is 0 Å². The number of hydrogen-bond acceptors (Lipinski definition) is 2. The van der Waals surface area contributed by atoms with Gasteiger partial charge in [0, 0.05) is 10.9 Å². The van der Waals surface area contributed by atoms with Crippen LogP contribution in [0.2, 0.25) is 0 Å². The zero-order valence-corrected chi connectivity index (χ0v) is 35.3. The molecule has 0 aliphatic rings. The third-order valence-corrected chi connectivity index (χ3v) is 16.0. The van der Waals surface area contributed by atoms with E-state index in [0.29, 0.717) is 0 Å². The van der Waals surface area contributed by atoms with E-state index in [2.05, 4.69) is 224 Å². The molecule has 1 unspecified atom stereocenters. The van der Waals surface area contributed by atoms with Crippen molar-refractivity contribution in [2.45, 2.75) is 0 Å². The molecule has 10 rings (SSSR count). The van der Waals surface area contributed by atoms with Gasteiger partial charge in [-0.05, 0) is 94.2 Å². The smallest absolute Gasteiger partial charge is 0.149 e. The molecule has 8 aromatic carbocycles. The number of para-hydroxylation sites is 2. The molecule has 0 saturated heterocycles. The standard InChI is InChI=1S/C56H41N3P2/c1-3-16-45(4-2)60(46-17-8-5-9-18-46)49-34-29-41(30-35-49)40-25-27-43(28-26-40)55-57-52-38-33-44(39-51(52)56-58-53-23-14-15-24-54(53)59(55)56)42-31-36-50(37-32-42)61(47-19-10-6-11-20-47)48-21-12-7-13-22-48/h3-39H,1-2H2/b45-16+. The van der Waals surface area contributed by atoms with E-state index in [9.17, 15) is 0 Å². The van der Waals surface area contributed by atoms with Gasteiger partial charge in [0.25, 0.3) is 0 Å². The molecule has 0 fully saturated rings. The highest BCUT2D eigenvalue weighted by Gasteiger charge is 2.20. The molecule has 0 aliphatic carbocycles. The Balaban J connectivity index is 0.995. The summed E-state index contributed by atoms with van der Waals surface area (Å²) in [5, 5.41) is 8.76. The molecule has 5 heteroatoms. The summed E-state index contributed by atoms with van der Waals surface area (Å²) >= 11 is 0. The zero-order chi connectivity index (χ0) is 41.1. The van der Waals surface area contributed by atoms with E-state index in [-0.39, 0.29) is 0 Å². The molecule has 10 aromatic rings. The molecule has 0 N–H and O–H groups in total. The topological polar surface area (TPSA) is 30.2 Å². The largest absolute Gasteiger partial charge is 0.276 e. The molecule has 0 amide bonds. The highest BCUT2D eigenvalue weighted by Crippen LogP contribution is 2.44. The van der Waals surface area contributed by atoms with Crippen LogP contribution in [0, 0.1) is 0 Å². The summed E-state index contributed by atoms with van der Waals surface area (Å²) in [6, 6.07) is 74.1. The van der Waals surface area contributed by atoms with Crippen molar-refractivity contribution in [1.82, 2.24) is 14.4 Å². The van der Waals surface area contributed by atoms with Crippen LogP contribution < -0.4 is 26.5 Å². The van der Waals surface area contributed by atoms with E-state index in [1.807, 2.05) is 18.2 Å². The summed E-state index contributed by atoms with van der Waals surface area (Å²) in [5.74, 6) is 0.866. The molecule has 0 aliphatic heterocycles. The second-order valence-electron chi connectivity index (χ2n) is 14.8. The first-order valence-corrected chi connectivity index (χ1v) is 23.1. The Labute approximate surface area is 359 Å². The summed E-state index contributed by atoms with van der Waals surface area (Å²) < 4.78 is 2.22. The fourth-order valence-corrected chi connectivity index (χ4v) is 12.7. The lowest BCUT2D eigenvalue weighted by atomic mass is 10.0. The maximum atomic E-state index is 5.34. The van der Waals surface area contributed by atoms with Crippen LogP contribution in [-0.4, -0.2) is 14.4 Å². The van der Waals surface area contributed by atoms with Crippen molar-refractivity contribution in [3.8, 4) is 33.6 Å². The van der Waals surface area contributed by atoms with Crippen molar-refractivity contribution in [3.63, 3.8) is 0 Å². The molecule has 290 valence electrons. The minimum absolute atomic E-state index is 0.679. The lowest BCUT2D eigenvalue weighted by molar-refractivity contribution is 1.16. The average Bonchev–Trinajstić information content (AvgIpc) is 3.73. The number of aromatic nitrogens is 3.